The lowest BCUT2D eigenvalue weighted by molar-refractivity contribution is 0.552. The minimum Gasteiger partial charge on any atom is -0.305 e. The highest BCUT2D eigenvalue weighted by atomic mass is 32.2. The summed E-state index contributed by atoms with van der Waals surface area (Å²) in [6.07, 6.45) is 2.82. The van der Waals surface area contributed by atoms with Crippen LogP contribution in [0.4, 0.5) is 0 Å². The number of thioether (sulfide) groups is 1. The van der Waals surface area contributed by atoms with Gasteiger partial charge in [0.15, 0.2) is 5.17 Å². The number of amidine groups is 2. The van der Waals surface area contributed by atoms with Crippen molar-refractivity contribution >= 4 is 22.8 Å². The number of aromatic nitrogens is 1. The Morgan fingerprint density at radius 2 is 2.14 bits per heavy atom. The molecule has 104 valence electrons. The molecule has 0 aliphatic carbocycles. The van der Waals surface area contributed by atoms with Crippen molar-refractivity contribution in [3.8, 4) is 11.3 Å². The van der Waals surface area contributed by atoms with Crippen LogP contribution in [0.2, 0.25) is 0 Å². The van der Waals surface area contributed by atoms with E-state index in [0.717, 1.165) is 47.1 Å². The second kappa shape index (κ2) is 5.00. The zero-order valence-electron chi connectivity index (χ0n) is 11.4. The van der Waals surface area contributed by atoms with Gasteiger partial charge in [-0.05, 0) is 30.7 Å². The largest absolute Gasteiger partial charge is 0.305 e. The van der Waals surface area contributed by atoms with Gasteiger partial charge in [0.1, 0.15) is 5.84 Å². The van der Waals surface area contributed by atoms with Crippen molar-refractivity contribution in [2.45, 2.75) is 11.3 Å². The van der Waals surface area contributed by atoms with Crippen molar-refractivity contribution in [1.29, 1.82) is 5.41 Å². The van der Waals surface area contributed by atoms with Crippen LogP contribution in [0, 0.1) is 5.41 Å². The fourth-order valence-corrected chi connectivity index (χ4v) is 3.63. The van der Waals surface area contributed by atoms with Gasteiger partial charge >= 0.3 is 0 Å². The molecule has 1 N–H and O–H groups in total. The minimum atomic E-state index is 0.569. The molecule has 0 unspecified atom stereocenters. The van der Waals surface area contributed by atoms with E-state index in [4.69, 9.17) is 5.41 Å². The van der Waals surface area contributed by atoms with Crippen molar-refractivity contribution in [2.75, 3.05) is 13.1 Å². The maximum atomic E-state index is 8.21. The molecule has 0 amide bonds. The Morgan fingerprint density at radius 3 is 3.00 bits per heavy atom. The summed E-state index contributed by atoms with van der Waals surface area (Å²) in [5.41, 5.74) is 3.18. The number of hydrogen-bond donors (Lipinski definition) is 1. The Balaban J connectivity index is 1.82. The molecular weight excluding hydrogens is 280 g/mol. The lowest BCUT2D eigenvalue weighted by Crippen LogP contribution is -2.42. The van der Waals surface area contributed by atoms with Crippen LogP contribution in [0.25, 0.3) is 11.3 Å². The zero-order chi connectivity index (χ0) is 14.2. The Hall–Kier alpha value is -2.14. The summed E-state index contributed by atoms with van der Waals surface area (Å²) in [5.74, 6) is 0.951. The monoisotopic (exact) mass is 294 g/mol. The van der Waals surface area contributed by atoms with E-state index >= 15 is 0 Å². The predicted molar refractivity (Wildman–Crippen MR) is 86.0 cm³/mol. The highest BCUT2D eigenvalue weighted by Crippen LogP contribution is 2.35. The molecule has 2 aliphatic heterocycles. The molecule has 0 fully saturated rings. The SMILES string of the molecule is N=C1Sc2cc(-c3ccccn3)ccc2C2=NCCCN12. The number of rotatable bonds is 1. The van der Waals surface area contributed by atoms with Gasteiger partial charge in [0, 0.05) is 35.3 Å². The molecule has 3 heterocycles. The summed E-state index contributed by atoms with van der Waals surface area (Å²) in [5, 5.41) is 8.78. The molecule has 1 aromatic carbocycles. The van der Waals surface area contributed by atoms with Gasteiger partial charge in [0.25, 0.3) is 0 Å². The Labute approximate surface area is 127 Å². The first-order chi connectivity index (χ1) is 10.3. The maximum Gasteiger partial charge on any atom is 0.166 e. The first kappa shape index (κ1) is 12.6. The van der Waals surface area contributed by atoms with Crippen molar-refractivity contribution in [1.82, 2.24) is 9.88 Å². The third kappa shape index (κ3) is 2.14. The molecule has 0 bridgehead atoms. The maximum absolute atomic E-state index is 8.21. The molecule has 1 aromatic heterocycles. The first-order valence-corrected chi connectivity index (χ1v) is 7.79. The molecule has 4 nitrogen and oxygen atoms in total. The van der Waals surface area contributed by atoms with E-state index in [2.05, 4.69) is 28.2 Å². The van der Waals surface area contributed by atoms with Gasteiger partial charge < -0.3 is 4.90 Å². The first-order valence-electron chi connectivity index (χ1n) is 6.97. The normalized spacial score (nSPS) is 17.0. The number of nitrogens with zero attached hydrogens (tertiary/aromatic N) is 3. The van der Waals surface area contributed by atoms with E-state index in [9.17, 15) is 0 Å². The number of benzene rings is 1. The van der Waals surface area contributed by atoms with Gasteiger partial charge in [-0.1, -0.05) is 23.9 Å². The zero-order valence-corrected chi connectivity index (χ0v) is 12.2. The van der Waals surface area contributed by atoms with Crippen LogP contribution in [-0.2, 0) is 0 Å². The summed E-state index contributed by atoms with van der Waals surface area (Å²) >= 11 is 1.51. The number of fused-ring (bicyclic) bond motifs is 3. The summed E-state index contributed by atoms with van der Waals surface area (Å²) in [4.78, 5) is 12.1. The van der Waals surface area contributed by atoms with Crippen LogP contribution in [0.15, 0.2) is 52.5 Å². The molecule has 2 aromatic rings. The lowest BCUT2D eigenvalue weighted by Gasteiger charge is -2.34. The smallest absolute Gasteiger partial charge is 0.166 e. The minimum absolute atomic E-state index is 0.569. The lowest BCUT2D eigenvalue weighted by atomic mass is 10.1. The number of aliphatic imine (C=N–C) groups is 1. The predicted octanol–water partition coefficient (Wildman–Crippen LogP) is 3.24. The van der Waals surface area contributed by atoms with E-state index < -0.39 is 0 Å². The van der Waals surface area contributed by atoms with Crippen LogP contribution in [-0.4, -0.2) is 34.0 Å². The molecule has 0 saturated heterocycles. The van der Waals surface area contributed by atoms with Crippen molar-refractivity contribution in [3.63, 3.8) is 0 Å². The highest BCUT2D eigenvalue weighted by molar-refractivity contribution is 8.14. The van der Waals surface area contributed by atoms with Gasteiger partial charge in [-0.2, -0.15) is 0 Å². The molecule has 0 radical (unpaired) electrons. The van der Waals surface area contributed by atoms with E-state index in [1.54, 1.807) is 6.20 Å². The fourth-order valence-electron chi connectivity index (χ4n) is 2.68. The second-order valence-corrected chi connectivity index (χ2v) is 6.07. The van der Waals surface area contributed by atoms with Gasteiger partial charge in [-0.25, -0.2) is 0 Å². The highest BCUT2D eigenvalue weighted by Gasteiger charge is 2.29. The molecule has 0 spiro atoms. The van der Waals surface area contributed by atoms with Crippen molar-refractivity contribution < 1.29 is 0 Å². The molecule has 0 saturated carbocycles. The van der Waals surface area contributed by atoms with Gasteiger partial charge in [0.05, 0.1) is 5.69 Å². The third-order valence-corrected chi connectivity index (χ3v) is 4.66. The number of nitrogens with one attached hydrogen (secondary N) is 1. The van der Waals surface area contributed by atoms with Crippen LogP contribution < -0.4 is 0 Å². The third-order valence-electron chi connectivity index (χ3n) is 3.69. The van der Waals surface area contributed by atoms with Gasteiger partial charge in [0.2, 0.25) is 0 Å². The standard InChI is InChI=1S/C16H14N4S/c17-16-20-9-3-8-19-15(20)12-6-5-11(10-14(12)21-16)13-4-1-2-7-18-13/h1-2,4-7,10,17H,3,8-9H2. The van der Waals surface area contributed by atoms with Gasteiger partial charge in [-0.15, -0.1) is 0 Å². The average molecular weight is 294 g/mol. The average Bonchev–Trinajstić information content (AvgIpc) is 2.55. The van der Waals surface area contributed by atoms with E-state index in [1.165, 1.54) is 11.8 Å². The Kier molecular flexibility index (Phi) is 3.00. The fraction of sp³-hybridized carbons (Fsp3) is 0.188. The molecule has 21 heavy (non-hydrogen) atoms. The number of pyridine rings is 1. The topological polar surface area (TPSA) is 52.3 Å². The van der Waals surface area contributed by atoms with E-state index in [0.29, 0.717) is 5.17 Å². The van der Waals surface area contributed by atoms with Crippen molar-refractivity contribution in [3.05, 3.63) is 48.2 Å². The Bertz CT molecular complexity index is 739. The summed E-state index contributed by atoms with van der Waals surface area (Å²) in [6.45, 7) is 1.75. The summed E-state index contributed by atoms with van der Waals surface area (Å²) < 4.78 is 0. The Morgan fingerprint density at radius 1 is 1.19 bits per heavy atom. The van der Waals surface area contributed by atoms with Crippen LogP contribution in [0.1, 0.15) is 12.0 Å². The molecular formula is C16H14N4S. The molecule has 0 atom stereocenters. The molecule has 2 aliphatic rings. The quantitative estimate of drug-likeness (QED) is 0.878. The van der Waals surface area contributed by atoms with Crippen LogP contribution in [0.5, 0.6) is 0 Å². The van der Waals surface area contributed by atoms with E-state index in [1.807, 2.05) is 23.1 Å². The van der Waals surface area contributed by atoms with Crippen molar-refractivity contribution in [2.24, 2.45) is 4.99 Å². The van der Waals surface area contributed by atoms with Crippen LogP contribution in [0.3, 0.4) is 0 Å². The van der Waals surface area contributed by atoms with Gasteiger partial charge in [-0.3, -0.25) is 15.4 Å². The van der Waals surface area contributed by atoms with Crippen LogP contribution >= 0.6 is 11.8 Å². The number of hydrogen-bond acceptors (Lipinski definition) is 4. The molecule has 4 rings (SSSR count). The van der Waals surface area contributed by atoms with E-state index in [-0.39, 0.29) is 0 Å². The summed E-state index contributed by atoms with van der Waals surface area (Å²) in [6, 6.07) is 12.2. The molecule has 5 heteroatoms. The second-order valence-electron chi connectivity index (χ2n) is 5.04. The summed E-state index contributed by atoms with van der Waals surface area (Å²) in [7, 11) is 0.